The number of nitrogens with zero attached hydrogens (tertiary/aromatic N) is 2. The van der Waals surface area contributed by atoms with Gasteiger partial charge in [-0.3, -0.25) is 0 Å². The van der Waals surface area contributed by atoms with Gasteiger partial charge in [0, 0.05) is 18.0 Å². The minimum atomic E-state index is -1.22. The smallest absolute Gasteiger partial charge is 0.410 e. The van der Waals surface area contributed by atoms with E-state index in [-0.39, 0.29) is 28.8 Å². The average Bonchev–Trinajstić information content (AvgIpc) is 2.88. The van der Waals surface area contributed by atoms with E-state index in [1.54, 1.807) is 0 Å². The molecule has 2 aliphatic rings. The average molecular weight is 377 g/mol. The first-order valence-electron chi connectivity index (χ1n) is 9.30. The van der Waals surface area contributed by atoms with Crippen molar-refractivity contribution in [1.29, 1.82) is 0 Å². The standard InChI is InChI=1S/C20H28N2O3S/c1-20(2,3)26(24)21-13-16-11-17-9-10-18(12-16)22(17)19(23)25-14-15-7-5-4-6-8-15/h4-8,13,16-18H,9-12,14H2,1-3H3/t16?,17?,18?,26-/m0/s1. The number of benzene rings is 1. The third-order valence-electron chi connectivity index (χ3n) is 5.08. The molecule has 26 heavy (non-hydrogen) atoms. The van der Waals surface area contributed by atoms with E-state index in [1.807, 2.05) is 62.2 Å². The summed E-state index contributed by atoms with van der Waals surface area (Å²) in [7, 11) is 0. The molecule has 142 valence electrons. The summed E-state index contributed by atoms with van der Waals surface area (Å²) in [5, 5.41) is 0. The molecule has 0 aliphatic carbocycles. The van der Waals surface area contributed by atoms with E-state index >= 15 is 0 Å². The van der Waals surface area contributed by atoms with E-state index in [9.17, 15) is 9.35 Å². The predicted octanol–water partition coefficient (Wildman–Crippen LogP) is 4.10. The van der Waals surface area contributed by atoms with Crippen LogP contribution in [0.5, 0.6) is 0 Å². The van der Waals surface area contributed by atoms with Crippen LogP contribution < -0.4 is 0 Å². The van der Waals surface area contributed by atoms with Gasteiger partial charge in [0.2, 0.25) is 0 Å². The molecule has 1 aromatic rings. The summed E-state index contributed by atoms with van der Waals surface area (Å²) in [4.78, 5) is 14.5. The first kappa shape index (κ1) is 19.2. The number of piperidine rings is 1. The highest BCUT2D eigenvalue weighted by atomic mass is 32.2. The van der Waals surface area contributed by atoms with Crippen molar-refractivity contribution >= 4 is 23.7 Å². The molecule has 0 aromatic heterocycles. The summed E-state index contributed by atoms with van der Waals surface area (Å²) in [5.74, 6) is 0.289. The van der Waals surface area contributed by atoms with Crippen molar-refractivity contribution in [2.45, 2.75) is 69.9 Å². The number of amides is 1. The van der Waals surface area contributed by atoms with E-state index in [0.29, 0.717) is 6.61 Å². The first-order valence-corrected chi connectivity index (χ1v) is 10.4. The highest BCUT2D eigenvalue weighted by Crippen LogP contribution is 2.38. The van der Waals surface area contributed by atoms with E-state index in [0.717, 1.165) is 31.2 Å². The molecule has 2 fully saturated rings. The topological polar surface area (TPSA) is 65.0 Å². The third kappa shape index (κ3) is 4.60. The lowest BCUT2D eigenvalue weighted by Gasteiger charge is -2.36. The normalized spacial score (nSPS) is 26.9. The summed E-state index contributed by atoms with van der Waals surface area (Å²) in [6.07, 6.45) is 5.42. The molecule has 1 aromatic carbocycles. The Morgan fingerprint density at radius 1 is 1.27 bits per heavy atom. The number of hydrogen-bond donors (Lipinski definition) is 0. The van der Waals surface area contributed by atoms with E-state index in [4.69, 9.17) is 4.74 Å². The number of ether oxygens (including phenoxy) is 1. The fourth-order valence-electron chi connectivity index (χ4n) is 3.73. The Kier molecular flexibility index (Phi) is 5.92. The summed E-state index contributed by atoms with van der Waals surface area (Å²) >= 11 is -1.22. The van der Waals surface area contributed by atoms with Crippen LogP contribution in [0.1, 0.15) is 52.0 Å². The third-order valence-corrected chi connectivity index (χ3v) is 6.44. The Balaban J connectivity index is 1.55. The van der Waals surface area contributed by atoms with E-state index in [2.05, 4.69) is 4.40 Å². The van der Waals surface area contributed by atoms with Gasteiger partial charge in [0.05, 0.1) is 6.21 Å². The number of carbonyl (C=O) groups is 1. The van der Waals surface area contributed by atoms with Crippen molar-refractivity contribution in [2.24, 2.45) is 10.3 Å². The van der Waals surface area contributed by atoms with Gasteiger partial charge < -0.3 is 14.2 Å². The molecule has 0 N–H and O–H groups in total. The van der Waals surface area contributed by atoms with Gasteiger partial charge in [-0.25, -0.2) is 4.79 Å². The molecule has 3 atom stereocenters. The molecule has 2 aliphatic heterocycles. The lowest BCUT2D eigenvalue weighted by molar-refractivity contribution is 0.0602. The van der Waals surface area contributed by atoms with Gasteiger partial charge >= 0.3 is 6.09 Å². The van der Waals surface area contributed by atoms with Gasteiger partial charge in [-0.1, -0.05) is 34.7 Å². The minimum absolute atomic E-state index is 0.205. The van der Waals surface area contributed by atoms with Crippen LogP contribution in [0.15, 0.2) is 34.7 Å². The van der Waals surface area contributed by atoms with Crippen LogP contribution in [-0.4, -0.2) is 38.6 Å². The van der Waals surface area contributed by atoms with Crippen LogP contribution in [0.4, 0.5) is 4.79 Å². The zero-order chi connectivity index (χ0) is 18.7. The second kappa shape index (κ2) is 8.01. The lowest BCUT2D eigenvalue weighted by Crippen LogP contribution is -2.47. The second-order valence-corrected chi connectivity index (χ2v) is 10.1. The van der Waals surface area contributed by atoms with Gasteiger partial charge in [0.1, 0.15) is 22.7 Å². The zero-order valence-corrected chi connectivity index (χ0v) is 16.6. The molecule has 2 heterocycles. The molecular formula is C20H28N2O3S. The van der Waals surface area contributed by atoms with Gasteiger partial charge in [0.25, 0.3) is 0 Å². The minimum Gasteiger partial charge on any atom is -0.591 e. The molecule has 1 amide bonds. The highest BCUT2D eigenvalue weighted by molar-refractivity contribution is 7.91. The van der Waals surface area contributed by atoms with Crippen molar-refractivity contribution < 1.29 is 14.1 Å². The molecule has 2 unspecified atom stereocenters. The Labute approximate surface area is 159 Å². The van der Waals surface area contributed by atoms with E-state index < -0.39 is 11.4 Å². The number of carbonyl (C=O) groups excluding carboxylic acids is 1. The maximum atomic E-state index is 12.6. The molecule has 6 heteroatoms. The predicted molar refractivity (Wildman–Crippen MR) is 104 cm³/mol. The van der Waals surface area contributed by atoms with Crippen LogP contribution in [0, 0.1) is 5.92 Å². The lowest BCUT2D eigenvalue weighted by atomic mass is 9.92. The molecule has 5 nitrogen and oxygen atoms in total. The Bertz CT molecular complexity index is 630. The van der Waals surface area contributed by atoms with Crippen LogP contribution in [-0.2, 0) is 22.7 Å². The fraction of sp³-hybridized carbons (Fsp3) is 0.600. The number of hydrogen-bond acceptors (Lipinski definition) is 4. The van der Waals surface area contributed by atoms with E-state index in [1.165, 1.54) is 0 Å². The van der Waals surface area contributed by atoms with Crippen LogP contribution in [0.25, 0.3) is 0 Å². The van der Waals surface area contributed by atoms with Crippen molar-refractivity contribution in [3.8, 4) is 0 Å². The van der Waals surface area contributed by atoms with Gasteiger partial charge in [-0.05, 0) is 52.0 Å². The van der Waals surface area contributed by atoms with Crippen molar-refractivity contribution in [1.82, 2.24) is 4.90 Å². The molecule has 3 rings (SSSR count). The Hall–Kier alpha value is -1.53. The highest BCUT2D eigenvalue weighted by Gasteiger charge is 2.44. The molecule has 2 saturated heterocycles. The Morgan fingerprint density at radius 2 is 1.88 bits per heavy atom. The fourth-order valence-corrected chi connectivity index (χ4v) is 4.33. The quantitative estimate of drug-likeness (QED) is 0.587. The Morgan fingerprint density at radius 3 is 2.46 bits per heavy atom. The van der Waals surface area contributed by atoms with Crippen LogP contribution in [0.2, 0.25) is 0 Å². The maximum absolute atomic E-state index is 12.6. The summed E-state index contributed by atoms with van der Waals surface area (Å²) < 4.78 is 21.6. The molecule has 0 spiro atoms. The number of rotatable bonds is 4. The first-order chi connectivity index (χ1) is 12.3. The van der Waals surface area contributed by atoms with Gasteiger partial charge in [-0.2, -0.15) is 0 Å². The largest absolute Gasteiger partial charge is 0.591 e. The SMILES string of the molecule is CC(C)(C)[S@+]([O-])N=CC1CC2CCC(C1)N2C(=O)OCc1ccccc1. The molecule has 2 bridgehead atoms. The van der Waals surface area contributed by atoms with Crippen LogP contribution >= 0.6 is 0 Å². The zero-order valence-electron chi connectivity index (χ0n) is 15.8. The monoisotopic (exact) mass is 376 g/mol. The van der Waals surface area contributed by atoms with Crippen molar-refractivity contribution in [3.63, 3.8) is 0 Å². The summed E-state index contributed by atoms with van der Waals surface area (Å²) in [6.45, 7) is 6.09. The van der Waals surface area contributed by atoms with Gasteiger partial charge in [0.15, 0.2) is 0 Å². The molecular weight excluding hydrogens is 348 g/mol. The second-order valence-electron chi connectivity index (χ2n) is 8.18. The molecule has 0 radical (unpaired) electrons. The van der Waals surface area contributed by atoms with Crippen molar-refractivity contribution in [3.05, 3.63) is 35.9 Å². The van der Waals surface area contributed by atoms with Crippen molar-refractivity contribution in [2.75, 3.05) is 0 Å². The maximum Gasteiger partial charge on any atom is 0.410 e. The number of fused-ring (bicyclic) bond motifs is 2. The summed E-state index contributed by atoms with van der Waals surface area (Å²) in [6, 6.07) is 10.2. The van der Waals surface area contributed by atoms with Gasteiger partial charge in [-0.15, -0.1) is 0 Å². The van der Waals surface area contributed by atoms with Crippen LogP contribution in [0.3, 0.4) is 0 Å². The molecule has 0 saturated carbocycles. The summed E-state index contributed by atoms with van der Waals surface area (Å²) in [5.41, 5.74) is 1.000.